The summed E-state index contributed by atoms with van der Waals surface area (Å²) < 4.78 is 34.7. The molecule has 1 atom stereocenters. The summed E-state index contributed by atoms with van der Waals surface area (Å²) in [7, 11) is 6.21. The number of amides is 2. The fourth-order valence-electron chi connectivity index (χ4n) is 4.15. The molecule has 1 N–H and O–H groups in total. The molecule has 0 unspecified atom stereocenters. The molecule has 3 aromatic carbocycles. The van der Waals surface area contributed by atoms with E-state index >= 15 is 0 Å². The minimum absolute atomic E-state index is 0.0464. The number of carbonyl (C=O) groups is 2. The predicted molar refractivity (Wildman–Crippen MR) is 146 cm³/mol. The van der Waals surface area contributed by atoms with Crippen LogP contribution in [-0.4, -0.2) is 57.7 Å². The highest BCUT2D eigenvalue weighted by molar-refractivity contribution is 5.88. The third-order valence-electron chi connectivity index (χ3n) is 6.40. The van der Waals surface area contributed by atoms with E-state index in [2.05, 4.69) is 5.32 Å². The summed E-state index contributed by atoms with van der Waals surface area (Å²) in [5, 5.41) is 2.92. The lowest BCUT2D eigenvalue weighted by Gasteiger charge is -2.29. The smallest absolute Gasteiger partial charge is 0.242 e. The Morgan fingerprint density at radius 3 is 1.85 bits per heavy atom. The number of ether oxygens (including phenoxy) is 4. The van der Waals surface area contributed by atoms with Crippen LogP contribution in [0.5, 0.6) is 23.0 Å². The van der Waals surface area contributed by atoms with E-state index in [0.29, 0.717) is 47.1 Å². The number of methoxy groups -OCH3 is 4. The maximum Gasteiger partial charge on any atom is 0.242 e. The average molecular weight is 539 g/mol. The van der Waals surface area contributed by atoms with Crippen molar-refractivity contribution in [3.63, 3.8) is 0 Å². The van der Waals surface area contributed by atoms with Crippen molar-refractivity contribution in [2.24, 2.45) is 0 Å². The van der Waals surface area contributed by atoms with Crippen LogP contribution in [0.15, 0.2) is 60.7 Å². The van der Waals surface area contributed by atoms with Crippen LogP contribution >= 0.6 is 0 Å². The summed E-state index contributed by atoms with van der Waals surface area (Å²) in [5.74, 6) is 1.38. The maximum atomic E-state index is 13.5. The van der Waals surface area contributed by atoms with E-state index in [4.69, 9.17) is 18.9 Å². The lowest BCUT2D eigenvalue weighted by molar-refractivity contribution is -0.140. The minimum atomic E-state index is -0.770. The van der Waals surface area contributed by atoms with Crippen LogP contribution in [0.2, 0.25) is 0 Å². The van der Waals surface area contributed by atoms with Gasteiger partial charge in [0.2, 0.25) is 11.8 Å². The number of benzene rings is 3. The molecule has 9 heteroatoms. The molecule has 0 aliphatic rings. The number of nitrogens with one attached hydrogen (secondary N) is 1. The van der Waals surface area contributed by atoms with Crippen LogP contribution in [-0.2, 0) is 29.0 Å². The summed E-state index contributed by atoms with van der Waals surface area (Å²) in [6.45, 7) is 2.20. The quantitative estimate of drug-likeness (QED) is 0.352. The topological polar surface area (TPSA) is 86.3 Å². The van der Waals surface area contributed by atoms with Crippen molar-refractivity contribution in [3.05, 3.63) is 83.2 Å². The largest absolute Gasteiger partial charge is 0.493 e. The van der Waals surface area contributed by atoms with Gasteiger partial charge in [0.1, 0.15) is 11.9 Å². The molecule has 0 radical (unpaired) electrons. The molecule has 0 aliphatic heterocycles. The molecular weight excluding hydrogens is 503 g/mol. The van der Waals surface area contributed by atoms with E-state index in [1.165, 1.54) is 24.1 Å². The SMILES string of the molecule is COc1ccc(CCNC(=O)[C@@H](C)N(Cc2ccc(F)cc2)C(=O)Cc2ccc(OC)c(OC)c2)cc1OC. The van der Waals surface area contributed by atoms with Crippen LogP contribution in [0.4, 0.5) is 4.39 Å². The molecule has 0 heterocycles. The molecule has 39 heavy (non-hydrogen) atoms. The lowest BCUT2D eigenvalue weighted by Crippen LogP contribution is -2.48. The van der Waals surface area contributed by atoms with E-state index in [-0.39, 0.29) is 30.6 Å². The van der Waals surface area contributed by atoms with Gasteiger partial charge in [-0.2, -0.15) is 0 Å². The molecule has 3 aromatic rings. The molecule has 0 bridgehead atoms. The molecule has 8 nitrogen and oxygen atoms in total. The maximum absolute atomic E-state index is 13.5. The van der Waals surface area contributed by atoms with Crippen LogP contribution in [0, 0.1) is 5.82 Å². The van der Waals surface area contributed by atoms with Gasteiger partial charge in [-0.15, -0.1) is 0 Å². The summed E-state index contributed by atoms with van der Waals surface area (Å²) in [4.78, 5) is 28.1. The molecule has 3 rings (SSSR count). The number of nitrogens with zero attached hydrogens (tertiary/aromatic N) is 1. The highest BCUT2D eigenvalue weighted by atomic mass is 19.1. The van der Waals surface area contributed by atoms with Crippen molar-refractivity contribution in [1.82, 2.24) is 10.2 Å². The van der Waals surface area contributed by atoms with Gasteiger partial charge in [0, 0.05) is 13.1 Å². The van der Waals surface area contributed by atoms with Crippen molar-refractivity contribution in [1.29, 1.82) is 0 Å². The van der Waals surface area contributed by atoms with Crippen molar-refractivity contribution in [2.75, 3.05) is 35.0 Å². The molecule has 0 aliphatic carbocycles. The van der Waals surface area contributed by atoms with E-state index in [9.17, 15) is 14.0 Å². The summed E-state index contributed by atoms with van der Waals surface area (Å²) in [6, 6.07) is 15.9. The Hall–Kier alpha value is -4.27. The first-order valence-corrected chi connectivity index (χ1v) is 12.5. The molecule has 0 saturated heterocycles. The first-order valence-electron chi connectivity index (χ1n) is 12.5. The third-order valence-corrected chi connectivity index (χ3v) is 6.40. The fraction of sp³-hybridized carbons (Fsp3) is 0.333. The summed E-state index contributed by atoms with van der Waals surface area (Å²) in [6.07, 6.45) is 0.612. The Kier molecular flexibility index (Phi) is 10.5. The predicted octanol–water partition coefficient (Wildman–Crippen LogP) is 4.18. The number of hydrogen-bond donors (Lipinski definition) is 1. The van der Waals surface area contributed by atoms with Crippen molar-refractivity contribution in [3.8, 4) is 23.0 Å². The molecule has 2 amide bonds. The van der Waals surface area contributed by atoms with E-state index in [1.807, 2.05) is 18.2 Å². The summed E-state index contributed by atoms with van der Waals surface area (Å²) >= 11 is 0. The van der Waals surface area contributed by atoms with Crippen LogP contribution < -0.4 is 24.3 Å². The second kappa shape index (κ2) is 14.0. The zero-order chi connectivity index (χ0) is 28.4. The van der Waals surface area contributed by atoms with Gasteiger partial charge in [0.15, 0.2) is 23.0 Å². The monoisotopic (exact) mass is 538 g/mol. The van der Waals surface area contributed by atoms with E-state index in [1.54, 1.807) is 58.6 Å². The second-order valence-corrected chi connectivity index (χ2v) is 8.92. The molecule has 0 saturated carbocycles. The first-order chi connectivity index (χ1) is 18.8. The van der Waals surface area contributed by atoms with Gasteiger partial charge in [-0.05, 0) is 66.4 Å². The summed E-state index contributed by atoms with van der Waals surface area (Å²) in [5.41, 5.74) is 2.39. The molecule has 0 fully saturated rings. The Bertz CT molecular complexity index is 1260. The molecule has 0 aromatic heterocycles. The fourth-order valence-corrected chi connectivity index (χ4v) is 4.15. The van der Waals surface area contributed by atoms with Gasteiger partial charge >= 0.3 is 0 Å². The van der Waals surface area contributed by atoms with Gasteiger partial charge < -0.3 is 29.2 Å². The Labute approximate surface area is 228 Å². The van der Waals surface area contributed by atoms with Gasteiger partial charge in [-0.25, -0.2) is 4.39 Å². The van der Waals surface area contributed by atoms with Crippen molar-refractivity contribution in [2.45, 2.75) is 32.4 Å². The molecule has 208 valence electrons. The van der Waals surface area contributed by atoms with Crippen molar-refractivity contribution < 1.29 is 32.9 Å². The van der Waals surface area contributed by atoms with Gasteiger partial charge in [0.05, 0.1) is 34.9 Å². The Morgan fingerprint density at radius 1 is 0.769 bits per heavy atom. The number of hydrogen-bond acceptors (Lipinski definition) is 6. The normalized spacial score (nSPS) is 11.3. The molecule has 0 spiro atoms. The molecular formula is C30H35FN2O6. The van der Waals surface area contributed by atoms with Crippen molar-refractivity contribution >= 4 is 11.8 Å². The first kappa shape index (κ1) is 29.3. The average Bonchev–Trinajstić information content (AvgIpc) is 2.96. The number of carbonyl (C=O) groups excluding carboxylic acids is 2. The second-order valence-electron chi connectivity index (χ2n) is 8.92. The zero-order valence-electron chi connectivity index (χ0n) is 23.0. The highest BCUT2D eigenvalue weighted by Crippen LogP contribution is 2.29. The standard InChI is InChI=1S/C30H35FN2O6/c1-20(30(35)32-15-14-21-8-12-25(36-2)27(16-21)38-4)33(19-22-6-10-24(31)11-7-22)29(34)18-23-9-13-26(37-3)28(17-23)39-5/h6-13,16-17,20H,14-15,18-19H2,1-5H3,(H,32,35)/t20-/m1/s1. The Morgan fingerprint density at radius 2 is 1.28 bits per heavy atom. The zero-order valence-corrected chi connectivity index (χ0v) is 23.0. The van der Waals surface area contributed by atoms with E-state index < -0.39 is 6.04 Å². The number of rotatable bonds is 13. The third kappa shape index (κ3) is 7.86. The van der Waals surface area contributed by atoms with Crippen LogP contribution in [0.1, 0.15) is 23.6 Å². The Balaban J connectivity index is 1.72. The van der Waals surface area contributed by atoms with Gasteiger partial charge in [0.25, 0.3) is 0 Å². The highest BCUT2D eigenvalue weighted by Gasteiger charge is 2.26. The van der Waals surface area contributed by atoms with Gasteiger partial charge in [-0.1, -0.05) is 24.3 Å². The minimum Gasteiger partial charge on any atom is -0.493 e. The van der Waals surface area contributed by atoms with Gasteiger partial charge in [-0.3, -0.25) is 9.59 Å². The van der Waals surface area contributed by atoms with Crippen LogP contribution in [0.25, 0.3) is 0 Å². The lowest BCUT2D eigenvalue weighted by atomic mass is 10.1. The number of halogens is 1. The van der Waals surface area contributed by atoms with E-state index in [0.717, 1.165) is 5.56 Å². The van der Waals surface area contributed by atoms with Crippen LogP contribution in [0.3, 0.4) is 0 Å².